The molecule has 0 bridgehead atoms. The average molecular weight is 273 g/mol. The molecule has 0 radical (unpaired) electrons. The Kier molecular flexibility index (Phi) is 3.22. The van der Waals surface area contributed by atoms with E-state index in [0.717, 1.165) is 6.07 Å². The summed E-state index contributed by atoms with van der Waals surface area (Å²) in [4.78, 5) is 0. The zero-order valence-corrected chi connectivity index (χ0v) is 9.76. The fraction of sp³-hybridized carbons (Fsp3) is 0.0769. The number of hydrogen-bond donors (Lipinski definition) is 1. The number of aromatic hydroxyl groups is 1. The number of phenolic OH excluding ortho intramolecular Hbond substituents is 1. The van der Waals surface area contributed by atoms with Crippen molar-refractivity contribution in [2.24, 2.45) is 0 Å². The highest BCUT2D eigenvalue weighted by atomic mass is 35.5. The molecule has 2 rings (SSSR count). The first kappa shape index (κ1) is 12.8. The lowest BCUT2D eigenvalue weighted by molar-refractivity contribution is -0.137. The molecule has 1 nitrogen and oxygen atoms in total. The van der Waals surface area contributed by atoms with Crippen LogP contribution in [0.4, 0.5) is 13.2 Å². The van der Waals surface area contributed by atoms with Crippen LogP contribution < -0.4 is 0 Å². The van der Waals surface area contributed by atoms with Crippen LogP contribution in [-0.2, 0) is 6.18 Å². The van der Waals surface area contributed by atoms with E-state index in [1.54, 1.807) is 0 Å². The smallest absolute Gasteiger partial charge is 0.417 e. The number of benzene rings is 2. The lowest BCUT2D eigenvalue weighted by Crippen LogP contribution is -2.06. The van der Waals surface area contributed by atoms with E-state index in [2.05, 4.69) is 0 Å². The molecule has 5 heteroatoms. The number of hydrogen-bond acceptors (Lipinski definition) is 1. The molecule has 0 aliphatic rings. The zero-order valence-electron chi connectivity index (χ0n) is 9.00. The second-order valence-corrected chi connectivity index (χ2v) is 4.12. The summed E-state index contributed by atoms with van der Waals surface area (Å²) in [5, 5.41) is 9.54. The van der Waals surface area contributed by atoms with Crippen molar-refractivity contribution in [1.29, 1.82) is 0 Å². The molecular weight excluding hydrogens is 265 g/mol. The van der Waals surface area contributed by atoms with Gasteiger partial charge in [0.15, 0.2) is 0 Å². The van der Waals surface area contributed by atoms with Crippen molar-refractivity contribution in [3.63, 3.8) is 0 Å². The van der Waals surface area contributed by atoms with Crippen LogP contribution in [0.5, 0.6) is 5.75 Å². The van der Waals surface area contributed by atoms with Crippen LogP contribution in [0.3, 0.4) is 0 Å². The summed E-state index contributed by atoms with van der Waals surface area (Å²) < 4.78 is 38.5. The Labute approximate surface area is 106 Å². The quantitative estimate of drug-likeness (QED) is 0.795. The van der Waals surface area contributed by atoms with Crippen LogP contribution >= 0.6 is 11.6 Å². The van der Waals surface area contributed by atoms with Crippen molar-refractivity contribution < 1.29 is 18.3 Å². The predicted octanol–water partition coefficient (Wildman–Crippen LogP) is 4.73. The van der Waals surface area contributed by atoms with Gasteiger partial charge in [-0.25, -0.2) is 0 Å². The Morgan fingerprint density at radius 3 is 2.28 bits per heavy atom. The van der Waals surface area contributed by atoms with E-state index in [0.29, 0.717) is 0 Å². The third kappa shape index (κ3) is 2.43. The van der Waals surface area contributed by atoms with Gasteiger partial charge >= 0.3 is 6.18 Å². The highest BCUT2D eigenvalue weighted by Crippen LogP contribution is 2.38. The minimum Gasteiger partial charge on any atom is -0.506 e. The topological polar surface area (TPSA) is 20.2 Å². The van der Waals surface area contributed by atoms with Crippen LogP contribution in [0.15, 0.2) is 42.5 Å². The van der Waals surface area contributed by atoms with Crippen LogP contribution in [-0.4, -0.2) is 5.11 Å². The van der Waals surface area contributed by atoms with Crippen LogP contribution in [0.25, 0.3) is 11.1 Å². The minimum absolute atomic E-state index is 0.0111. The first-order valence-electron chi connectivity index (χ1n) is 5.04. The molecule has 18 heavy (non-hydrogen) atoms. The Bertz CT molecular complexity index is 579. The van der Waals surface area contributed by atoms with Crippen molar-refractivity contribution in [1.82, 2.24) is 0 Å². The lowest BCUT2D eigenvalue weighted by Gasteiger charge is -2.13. The summed E-state index contributed by atoms with van der Waals surface area (Å²) in [7, 11) is 0. The summed E-state index contributed by atoms with van der Waals surface area (Å²) in [6, 6.07) is 9.20. The molecule has 0 heterocycles. The number of rotatable bonds is 1. The summed E-state index contributed by atoms with van der Waals surface area (Å²) in [6.07, 6.45) is -4.44. The monoisotopic (exact) mass is 272 g/mol. The maximum absolute atomic E-state index is 12.8. The lowest BCUT2D eigenvalue weighted by atomic mass is 9.99. The standard InChI is InChI=1S/C13H8ClF3O/c14-11-6-5-8(7-12(11)18)9-3-1-2-4-10(9)13(15,16)17/h1-7,18H. The van der Waals surface area contributed by atoms with E-state index < -0.39 is 11.7 Å². The van der Waals surface area contributed by atoms with E-state index in [4.69, 9.17) is 11.6 Å². The van der Waals surface area contributed by atoms with Gasteiger partial charge in [-0.05, 0) is 29.3 Å². The third-order valence-electron chi connectivity index (χ3n) is 2.49. The third-order valence-corrected chi connectivity index (χ3v) is 2.81. The highest BCUT2D eigenvalue weighted by Gasteiger charge is 2.33. The Balaban J connectivity index is 2.61. The van der Waals surface area contributed by atoms with Gasteiger partial charge in [-0.1, -0.05) is 35.9 Å². The summed E-state index contributed by atoms with van der Waals surface area (Å²) in [5.41, 5.74) is -0.464. The van der Waals surface area contributed by atoms with Crippen molar-refractivity contribution in [3.8, 4) is 16.9 Å². The maximum atomic E-state index is 12.8. The van der Waals surface area contributed by atoms with Crippen molar-refractivity contribution >= 4 is 11.6 Å². The molecule has 1 N–H and O–H groups in total. The molecule has 2 aromatic carbocycles. The summed E-state index contributed by atoms with van der Waals surface area (Å²) in [5.74, 6) is -0.244. The van der Waals surface area contributed by atoms with Gasteiger partial charge in [0, 0.05) is 0 Å². The zero-order chi connectivity index (χ0) is 13.3. The summed E-state index contributed by atoms with van der Waals surface area (Å²) >= 11 is 5.63. The van der Waals surface area contributed by atoms with E-state index in [1.165, 1.54) is 36.4 Å². The van der Waals surface area contributed by atoms with Gasteiger partial charge < -0.3 is 5.11 Å². The van der Waals surface area contributed by atoms with Gasteiger partial charge in [0.1, 0.15) is 5.75 Å². The minimum atomic E-state index is -4.44. The molecule has 2 aromatic rings. The summed E-state index contributed by atoms with van der Waals surface area (Å²) in [6.45, 7) is 0. The van der Waals surface area contributed by atoms with Crippen molar-refractivity contribution in [2.45, 2.75) is 6.18 Å². The molecule has 0 aliphatic heterocycles. The van der Waals surface area contributed by atoms with Crippen molar-refractivity contribution in [3.05, 3.63) is 53.1 Å². The van der Waals surface area contributed by atoms with E-state index in [9.17, 15) is 18.3 Å². The molecule has 0 unspecified atom stereocenters. The first-order chi connectivity index (χ1) is 8.39. The molecule has 0 aliphatic carbocycles. The molecular formula is C13H8ClF3O. The van der Waals surface area contributed by atoms with Crippen LogP contribution in [0.2, 0.25) is 5.02 Å². The highest BCUT2D eigenvalue weighted by molar-refractivity contribution is 6.32. The fourth-order valence-corrected chi connectivity index (χ4v) is 1.78. The average Bonchev–Trinajstić information content (AvgIpc) is 2.32. The molecule has 0 atom stereocenters. The van der Waals surface area contributed by atoms with Gasteiger partial charge in [0.05, 0.1) is 10.6 Å². The van der Waals surface area contributed by atoms with Gasteiger partial charge in [-0.3, -0.25) is 0 Å². The second-order valence-electron chi connectivity index (χ2n) is 3.71. The van der Waals surface area contributed by atoms with Gasteiger partial charge in [0.2, 0.25) is 0 Å². The number of alkyl halides is 3. The number of halogens is 4. The molecule has 94 valence electrons. The maximum Gasteiger partial charge on any atom is 0.417 e. The molecule has 0 fully saturated rings. The normalized spacial score (nSPS) is 11.6. The van der Waals surface area contributed by atoms with E-state index >= 15 is 0 Å². The molecule has 0 spiro atoms. The predicted molar refractivity (Wildman–Crippen MR) is 63.6 cm³/mol. The van der Waals surface area contributed by atoms with E-state index in [-0.39, 0.29) is 21.9 Å². The SMILES string of the molecule is Oc1cc(-c2ccccc2C(F)(F)F)ccc1Cl. The largest absolute Gasteiger partial charge is 0.506 e. The van der Waals surface area contributed by atoms with Crippen molar-refractivity contribution in [2.75, 3.05) is 0 Å². The Morgan fingerprint density at radius 2 is 1.67 bits per heavy atom. The Morgan fingerprint density at radius 1 is 1.00 bits per heavy atom. The molecule has 0 aromatic heterocycles. The number of phenols is 1. The van der Waals surface area contributed by atoms with E-state index in [1.807, 2.05) is 0 Å². The van der Waals surface area contributed by atoms with Gasteiger partial charge in [-0.15, -0.1) is 0 Å². The second kappa shape index (κ2) is 4.53. The first-order valence-corrected chi connectivity index (χ1v) is 5.42. The van der Waals surface area contributed by atoms with Gasteiger partial charge in [-0.2, -0.15) is 13.2 Å². The molecule has 0 saturated heterocycles. The molecule has 0 saturated carbocycles. The molecule has 0 amide bonds. The van der Waals surface area contributed by atoms with Gasteiger partial charge in [0.25, 0.3) is 0 Å². The Hall–Kier alpha value is -1.68. The fourth-order valence-electron chi connectivity index (χ4n) is 1.66. The van der Waals surface area contributed by atoms with Crippen LogP contribution in [0.1, 0.15) is 5.56 Å². The van der Waals surface area contributed by atoms with Crippen LogP contribution in [0, 0.1) is 0 Å².